The summed E-state index contributed by atoms with van der Waals surface area (Å²) in [7, 11) is 0. The predicted octanol–water partition coefficient (Wildman–Crippen LogP) is 2.87. The lowest BCUT2D eigenvalue weighted by Crippen LogP contribution is -2.40. The second-order valence-corrected chi connectivity index (χ2v) is 6.12. The van der Waals surface area contributed by atoms with E-state index in [1.54, 1.807) is 4.90 Å². The molecule has 1 heterocycles. The minimum atomic E-state index is -0.745. The number of ether oxygens (including phenoxy) is 1. The lowest BCUT2D eigenvalue weighted by atomic mass is 9.97. The van der Waals surface area contributed by atoms with Crippen LogP contribution in [0.3, 0.4) is 0 Å². The zero-order valence-electron chi connectivity index (χ0n) is 13.7. The third kappa shape index (κ3) is 5.58. The van der Waals surface area contributed by atoms with E-state index in [1.807, 2.05) is 31.2 Å². The van der Waals surface area contributed by atoms with Gasteiger partial charge in [0.25, 0.3) is 0 Å². The number of carbonyl (C=O) groups is 2. The molecule has 0 unspecified atom stereocenters. The second kappa shape index (κ2) is 8.56. The van der Waals surface area contributed by atoms with Gasteiger partial charge in [-0.05, 0) is 50.3 Å². The molecular weight excluding hydrogens is 294 g/mol. The van der Waals surface area contributed by atoms with Crippen LogP contribution in [0, 0.1) is 12.8 Å². The number of aliphatic carboxylic acids is 1. The summed E-state index contributed by atoms with van der Waals surface area (Å²) in [5.74, 6) is -0.0383. The Labute approximate surface area is 137 Å². The first-order chi connectivity index (χ1) is 11.1. The van der Waals surface area contributed by atoms with Crippen LogP contribution in [0.5, 0.6) is 5.75 Å². The van der Waals surface area contributed by atoms with Gasteiger partial charge in [-0.25, -0.2) is 0 Å². The third-order valence-corrected chi connectivity index (χ3v) is 4.24. The van der Waals surface area contributed by atoms with E-state index in [1.165, 1.54) is 5.56 Å². The highest BCUT2D eigenvalue weighted by molar-refractivity contribution is 5.77. The molecule has 1 aromatic carbocycles. The Morgan fingerprint density at radius 2 is 2.00 bits per heavy atom. The lowest BCUT2D eigenvalue weighted by molar-refractivity contribution is -0.145. The molecule has 23 heavy (non-hydrogen) atoms. The smallest absolute Gasteiger partial charge is 0.306 e. The van der Waals surface area contributed by atoms with Gasteiger partial charge in [-0.15, -0.1) is 0 Å². The maximum Gasteiger partial charge on any atom is 0.306 e. The topological polar surface area (TPSA) is 66.8 Å². The van der Waals surface area contributed by atoms with Crippen molar-refractivity contribution >= 4 is 11.9 Å². The summed E-state index contributed by atoms with van der Waals surface area (Å²) in [4.78, 5) is 24.8. The fraction of sp³-hybridized carbons (Fsp3) is 0.556. The molecule has 1 N–H and O–H groups in total. The van der Waals surface area contributed by atoms with Crippen molar-refractivity contribution in [2.24, 2.45) is 5.92 Å². The maximum atomic E-state index is 12.1. The second-order valence-electron chi connectivity index (χ2n) is 6.12. The van der Waals surface area contributed by atoms with Crippen LogP contribution >= 0.6 is 0 Å². The first kappa shape index (κ1) is 17.3. The normalized spacial score (nSPS) is 15.4. The van der Waals surface area contributed by atoms with Crippen molar-refractivity contribution in [2.75, 3.05) is 19.7 Å². The van der Waals surface area contributed by atoms with E-state index in [9.17, 15) is 9.59 Å². The van der Waals surface area contributed by atoms with Gasteiger partial charge < -0.3 is 14.7 Å². The Hall–Kier alpha value is -2.04. The quantitative estimate of drug-likeness (QED) is 0.785. The minimum absolute atomic E-state index is 0.129. The zero-order chi connectivity index (χ0) is 16.7. The summed E-state index contributed by atoms with van der Waals surface area (Å²) in [6.45, 7) is 3.77. The van der Waals surface area contributed by atoms with Crippen molar-refractivity contribution in [3.63, 3.8) is 0 Å². The lowest BCUT2D eigenvalue weighted by Gasteiger charge is -2.30. The van der Waals surface area contributed by atoms with E-state index in [-0.39, 0.29) is 11.8 Å². The summed E-state index contributed by atoms with van der Waals surface area (Å²) in [6, 6.07) is 7.93. The molecule has 5 heteroatoms. The molecule has 2 rings (SSSR count). The number of unbranched alkanes of at least 4 members (excludes halogenated alkanes) is 1. The molecule has 1 fully saturated rings. The van der Waals surface area contributed by atoms with Crippen molar-refractivity contribution in [3.8, 4) is 5.75 Å². The number of hydrogen-bond acceptors (Lipinski definition) is 3. The molecule has 5 nitrogen and oxygen atoms in total. The van der Waals surface area contributed by atoms with E-state index >= 15 is 0 Å². The molecule has 0 aliphatic carbocycles. The van der Waals surface area contributed by atoms with Gasteiger partial charge in [0.1, 0.15) is 5.75 Å². The molecule has 0 atom stereocenters. The molecule has 1 aliphatic rings. The zero-order valence-corrected chi connectivity index (χ0v) is 13.7. The van der Waals surface area contributed by atoms with Crippen molar-refractivity contribution < 1.29 is 19.4 Å². The number of likely N-dealkylation sites (tertiary alicyclic amines) is 1. The number of carbonyl (C=O) groups excluding carboxylic acids is 1. The summed E-state index contributed by atoms with van der Waals surface area (Å²) < 4.78 is 5.66. The number of carboxylic acids is 1. The van der Waals surface area contributed by atoms with Gasteiger partial charge in [0, 0.05) is 19.5 Å². The Morgan fingerprint density at radius 3 is 2.65 bits per heavy atom. The van der Waals surface area contributed by atoms with Crippen LogP contribution in [0.4, 0.5) is 0 Å². The number of benzene rings is 1. The number of rotatable bonds is 7. The minimum Gasteiger partial charge on any atom is -0.494 e. The molecule has 0 radical (unpaired) electrons. The Morgan fingerprint density at radius 1 is 1.26 bits per heavy atom. The molecule has 1 amide bonds. The van der Waals surface area contributed by atoms with Gasteiger partial charge in [0.05, 0.1) is 12.5 Å². The third-order valence-electron chi connectivity index (χ3n) is 4.24. The van der Waals surface area contributed by atoms with E-state index in [0.717, 1.165) is 18.6 Å². The monoisotopic (exact) mass is 319 g/mol. The number of aryl methyl sites for hydroxylation is 1. The Balaban J connectivity index is 1.59. The van der Waals surface area contributed by atoms with Crippen molar-refractivity contribution in [1.29, 1.82) is 0 Å². The SMILES string of the molecule is Cc1cccc(OCCCCC(=O)N2CCC(C(=O)O)CC2)c1. The molecule has 1 saturated heterocycles. The van der Waals surface area contributed by atoms with Crippen molar-refractivity contribution in [1.82, 2.24) is 4.90 Å². The van der Waals surface area contributed by atoms with Gasteiger partial charge in [-0.1, -0.05) is 12.1 Å². The standard InChI is InChI=1S/C18H25NO4/c1-14-5-4-6-16(13-14)23-12-3-2-7-17(20)19-10-8-15(9-11-19)18(21)22/h4-6,13,15H,2-3,7-12H2,1H3,(H,21,22). The van der Waals surface area contributed by atoms with E-state index in [4.69, 9.17) is 9.84 Å². The number of amides is 1. The van der Waals surface area contributed by atoms with Crippen LogP contribution in [-0.2, 0) is 9.59 Å². The molecule has 1 aliphatic heterocycles. The average Bonchev–Trinajstić information content (AvgIpc) is 2.54. The van der Waals surface area contributed by atoms with Crippen LogP contribution in [0.25, 0.3) is 0 Å². The number of hydrogen-bond donors (Lipinski definition) is 1. The van der Waals surface area contributed by atoms with Crippen LogP contribution < -0.4 is 4.74 Å². The molecule has 0 saturated carbocycles. The molecule has 1 aromatic rings. The number of nitrogens with zero attached hydrogens (tertiary/aromatic N) is 1. The highest BCUT2D eigenvalue weighted by atomic mass is 16.5. The highest BCUT2D eigenvalue weighted by Crippen LogP contribution is 2.18. The molecule has 0 aromatic heterocycles. The van der Waals surface area contributed by atoms with Crippen molar-refractivity contribution in [3.05, 3.63) is 29.8 Å². The van der Waals surface area contributed by atoms with E-state index < -0.39 is 5.97 Å². The van der Waals surface area contributed by atoms with Gasteiger partial charge in [-0.3, -0.25) is 9.59 Å². The van der Waals surface area contributed by atoms with Crippen LogP contribution in [0.1, 0.15) is 37.7 Å². The molecule has 0 bridgehead atoms. The van der Waals surface area contributed by atoms with Crippen LogP contribution in [-0.4, -0.2) is 41.6 Å². The first-order valence-electron chi connectivity index (χ1n) is 8.26. The van der Waals surface area contributed by atoms with Crippen molar-refractivity contribution in [2.45, 2.75) is 39.0 Å². The van der Waals surface area contributed by atoms with E-state index in [2.05, 4.69) is 0 Å². The summed E-state index contributed by atoms with van der Waals surface area (Å²) >= 11 is 0. The fourth-order valence-electron chi connectivity index (χ4n) is 2.81. The van der Waals surface area contributed by atoms with Gasteiger partial charge >= 0.3 is 5.97 Å². The number of carboxylic acid groups (broad SMARTS) is 1. The van der Waals surface area contributed by atoms with Gasteiger partial charge in [-0.2, -0.15) is 0 Å². The summed E-state index contributed by atoms with van der Waals surface area (Å²) in [6.07, 6.45) is 3.28. The highest BCUT2D eigenvalue weighted by Gasteiger charge is 2.26. The predicted molar refractivity (Wildman–Crippen MR) is 87.5 cm³/mol. The number of piperidine rings is 1. The molecule has 126 valence electrons. The molecular formula is C18H25NO4. The van der Waals surface area contributed by atoms with E-state index in [0.29, 0.717) is 39.0 Å². The van der Waals surface area contributed by atoms with Gasteiger partial charge in [0.15, 0.2) is 0 Å². The van der Waals surface area contributed by atoms with Gasteiger partial charge in [0.2, 0.25) is 5.91 Å². The summed E-state index contributed by atoms with van der Waals surface area (Å²) in [5.41, 5.74) is 1.17. The average molecular weight is 319 g/mol. The van der Waals surface area contributed by atoms with Crippen LogP contribution in [0.2, 0.25) is 0 Å². The fourth-order valence-corrected chi connectivity index (χ4v) is 2.81. The maximum absolute atomic E-state index is 12.1. The first-order valence-corrected chi connectivity index (χ1v) is 8.26. The summed E-state index contributed by atoms with van der Waals surface area (Å²) in [5, 5.41) is 8.96. The Kier molecular flexibility index (Phi) is 6.44. The Bertz CT molecular complexity index is 536. The largest absolute Gasteiger partial charge is 0.494 e. The molecule has 0 spiro atoms. The van der Waals surface area contributed by atoms with Crippen LogP contribution in [0.15, 0.2) is 24.3 Å².